The second-order valence-corrected chi connectivity index (χ2v) is 5.98. The lowest BCUT2D eigenvalue weighted by Gasteiger charge is -2.13. The van der Waals surface area contributed by atoms with Crippen molar-refractivity contribution >= 4 is 5.78 Å². The molecule has 0 saturated carbocycles. The highest BCUT2D eigenvalue weighted by Gasteiger charge is 2.14. The summed E-state index contributed by atoms with van der Waals surface area (Å²) in [4.78, 5) is 12.6. The standard InChI is InChI=1S/C21H26O3/c1-2-3-12-18(22)13-9-16-24-20-15-8-7-14-19(20)21(23)17-10-5-4-6-11-17/h4-8,10-11,14-15,18,22H,2-3,9,12-13,16H2,1H3. The topological polar surface area (TPSA) is 46.5 Å². The Bertz CT molecular complexity index is 622. The van der Waals surface area contributed by atoms with Gasteiger partial charge in [0.25, 0.3) is 0 Å². The molecule has 0 amide bonds. The van der Waals surface area contributed by atoms with Crippen LogP contribution in [0.4, 0.5) is 0 Å². The lowest BCUT2D eigenvalue weighted by Crippen LogP contribution is -2.10. The first-order valence-corrected chi connectivity index (χ1v) is 8.72. The SMILES string of the molecule is CCCCC(O)CCCOc1ccccc1C(=O)c1ccccc1. The van der Waals surface area contributed by atoms with Gasteiger partial charge in [0.15, 0.2) is 5.78 Å². The monoisotopic (exact) mass is 326 g/mol. The molecule has 2 aromatic carbocycles. The average Bonchev–Trinajstić information content (AvgIpc) is 2.64. The van der Waals surface area contributed by atoms with Crippen LogP contribution >= 0.6 is 0 Å². The third-order valence-electron chi connectivity index (χ3n) is 4.00. The zero-order valence-corrected chi connectivity index (χ0v) is 14.3. The molecule has 24 heavy (non-hydrogen) atoms. The van der Waals surface area contributed by atoms with E-state index in [1.165, 1.54) is 0 Å². The number of ketones is 1. The van der Waals surface area contributed by atoms with Crippen molar-refractivity contribution in [3.8, 4) is 5.75 Å². The number of benzene rings is 2. The molecule has 1 atom stereocenters. The quantitative estimate of drug-likeness (QED) is 0.511. The van der Waals surface area contributed by atoms with E-state index in [1.807, 2.05) is 48.5 Å². The highest BCUT2D eigenvalue weighted by atomic mass is 16.5. The number of hydrogen-bond donors (Lipinski definition) is 1. The van der Waals surface area contributed by atoms with Gasteiger partial charge in [0.1, 0.15) is 5.75 Å². The molecule has 0 fully saturated rings. The fourth-order valence-electron chi connectivity index (χ4n) is 2.61. The maximum atomic E-state index is 12.6. The number of unbranched alkanes of at least 4 members (excludes halogenated alkanes) is 1. The van der Waals surface area contributed by atoms with Crippen molar-refractivity contribution in [1.29, 1.82) is 0 Å². The van der Waals surface area contributed by atoms with E-state index in [2.05, 4.69) is 6.92 Å². The van der Waals surface area contributed by atoms with Crippen molar-refractivity contribution in [2.24, 2.45) is 0 Å². The fourth-order valence-corrected chi connectivity index (χ4v) is 2.61. The molecule has 0 aliphatic rings. The molecule has 0 radical (unpaired) electrons. The summed E-state index contributed by atoms with van der Waals surface area (Å²) in [7, 11) is 0. The first kappa shape index (κ1) is 18.2. The molecule has 0 bridgehead atoms. The average molecular weight is 326 g/mol. The van der Waals surface area contributed by atoms with Crippen LogP contribution in [0.15, 0.2) is 54.6 Å². The number of carbonyl (C=O) groups is 1. The highest BCUT2D eigenvalue weighted by Crippen LogP contribution is 2.22. The van der Waals surface area contributed by atoms with Crippen molar-refractivity contribution in [2.45, 2.75) is 45.1 Å². The van der Waals surface area contributed by atoms with Crippen LogP contribution in [0.25, 0.3) is 0 Å². The zero-order chi connectivity index (χ0) is 17.2. The highest BCUT2D eigenvalue weighted by molar-refractivity contribution is 6.10. The Labute approximate surface area is 144 Å². The number of para-hydroxylation sites is 1. The van der Waals surface area contributed by atoms with Gasteiger partial charge >= 0.3 is 0 Å². The Hall–Kier alpha value is -2.13. The van der Waals surface area contributed by atoms with E-state index in [0.717, 1.165) is 32.1 Å². The van der Waals surface area contributed by atoms with Gasteiger partial charge in [0, 0.05) is 5.56 Å². The molecule has 1 unspecified atom stereocenters. The molecule has 0 saturated heterocycles. The Morgan fingerprint density at radius 3 is 2.42 bits per heavy atom. The largest absolute Gasteiger partial charge is 0.493 e. The summed E-state index contributed by atoms with van der Waals surface area (Å²) in [6, 6.07) is 16.5. The normalized spacial score (nSPS) is 11.9. The van der Waals surface area contributed by atoms with E-state index >= 15 is 0 Å². The van der Waals surface area contributed by atoms with Crippen LogP contribution in [0.2, 0.25) is 0 Å². The van der Waals surface area contributed by atoms with Crippen LogP contribution in [0.1, 0.15) is 54.9 Å². The number of carbonyl (C=O) groups excluding carboxylic acids is 1. The molecule has 2 rings (SSSR count). The second-order valence-electron chi connectivity index (χ2n) is 5.98. The molecule has 0 aromatic heterocycles. The predicted molar refractivity (Wildman–Crippen MR) is 96.6 cm³/mol. The second kappa shape index (κ2) is 9.89. The van der Waals surface area contributed by atoms with Gasteiger partial charge in [0.05, 0.1) is 18.3 Å². The molecule has 3 heteroatoms. The number of hydrogen-bond acceptors (Lipinski definition) is 3. The molecule has 128 valence electrons. The molecular weight excluding hydrogens is 300 g/mol. The summed E-state index contributed by atoms with van der Waals surface area (Å²) in [5.74, 6) is 0.573. The van der Waals surface area contributed by atoms with Crippen molar-refractivity contribution in [3.63, 3.8) is 0 Å². The van der Waals surface area contributed by atoms with Gasteiger partial charge < -0.3 is 9.84 Å². The van der Waals surface area contributed by atoms with Crippen molar-refractivity contribution < 1.29 is 14.6 Å². The third-order valence-corrected chi connectivity index (χ3v) is 4.00. The number of aliphatic hydroxyl groups excluding tert-OH is 1. The maximum Gasteiger partial charge on any atom is 0.196 e. The van der Waals surface area contributed by atoms with Gasteiger partial charge in [-0.3, -0.25) is 4.79 Å². The van der Waals surface area contributed by atoms with Gasteiger partial charge in [-0.05, 0) is 31.4 Å². The van der Waals surface area contributed by atoms with Gasteiger partial charge in [-0.2, -0.15) is 0 Å². The maximum absolute atomic E-state index is 12.6. The minimum absolute atomic E-state index is 0.0332. The van der Waals surface area contributed by atoms with Crippen molar-refractivity contribution in [3.05, 3.63) is 65.7 Å². The summed E-state index contributed by atoms with van der Waals surface area (Å²) in [5.41, 5.74) is 1.23. The molecule has 0 aliphatic heterocycles. The third kappa shape index (κ3) is 5.50. The van der Waals surface area contributed by atoms with Crippen LogP contribution in [0.5, 0.6) is 5.75 Å². The Morgan fingerprint density at radius 1 is 1.00 bits per heavy atom. The van der Waals surface area contributed by atoms with Gasteiger partial charge in [0.2, 0.25) is 0 Å². The molecule has 0 spiro atoms. The minimum Gasteiger partial charge on any atom is -0.493 e. The number of aliphatic hydroxyl groups is 1. The Morgan fingerprint density at radius 2 is 1.67 bits per heavy atom. The summed E-state index contributed by atoms with van der Waals surface area (Å²) in [5, 5.41) is 9.86. The summed E-state index contributed by atoms with van der Waals surface area (Å²) in [6.45, 7) is 2.62. The van der Waals surface area contributed by atoms with Crippen LogP contribution in [-0.2, 0) is 0 Å². The summed E-state index contributed by atoms with van der Waals surface area (Å²) in [6.07, 6.45) is 4.25. The molecule has 3 nitrogen and oxygen atoms in total. The molecule has 2 aromatic rings. The van der Waals surface area contributed by atoms with E-state index in [1.54, 1.807) is 6.07 Å². The van der Waals surface area contributed by atoms with Crippen LogP contribution in [0.3, 0.4) is 0 Å². The van der Waals surface area contributed by atoms with Crippen LogP contribution in [-0.4, -0.2) is 23.6 Å². The van der Waals surface area contributed by atoms with E-state index < -0.39 is 0 Å². The van der Waals surface area contributed by atoms with E-state index in [9.17, 15) is 9.90 Å². The summed E-state index contributed by atoms with van der Waals surface area (Å²) < 4.78 is 5.80. The predicted octanol–water partition coefficient (Wildman–Crippen LogP) is 4.63. The summed E-state index contributed by atoms with van der Waals surface area (Å²) >= 11 is 0. The molecule has 1 N–H and O–H groups in total. The fraction of sp³-hybridized carbons (Fsp3) is 0.381. The number of rotatable bonds is 10. The van der Waals surface area contributed by atoms with Gasteiger partial charge in [-0.15, -0.1) is 0 Å². The zero-order valence-electron chi connectivity index (χ0n) is 14.3. The van der Waals surface area contributed by atoms with Crippen molar-refractivity contribution in [1.82, 2.24) is 0 Å². The smallest absolute Gasteiger partial charge is 0.196 e. The Balaban J connectivity index is 1.91. The van der Waals surface area contributed by atoms with E-state index in [4.69, 9.17) is 4.74 Å². The van der Waals surface area contributed by atoms with Gasteiger partial charge in [-0.25, -0.2) is 0 Å². The first-order chi connectivity index (χ1) is 11.7. The van der Waals surface area contributed by atoms with Crippen LogP contribution < -0.4 is 4.74 Å². The molecular formula is C21H26O3. The van der Waals surface area contributed by atoms with Gasteiger partial charge in [-0.1, -0.05) is 62.2 Å². The molecule has 0 heterocycles. The first-order valence-electron chi connectivity index (χ1n) is 8.72. The molecule has 0 aliphatic carbocycles. The van der Waals surface area contributed by atoms with E-state index in [-0.39, 0.29) is 11.9 Å². The lowest BCUT2D eigenvalue weighted by molar-refractivity contribution is 0.103. The lowest BCUT2D eigenvalue weighted by atomic mass is 10.0. The number of ether oxygens (including phenoxy) is 1. The van der Waals surface area contributed by atoms with E-state index in [0.29, 0.717) is 23.5 Å². The Kier molecular flexibility index (Phi) is 7.50. The minimum atomic E-state index is -0.255. The van der Waals surface area contributed by atoms with Crippen molar-refractivity contribution in [2.75, 3.05) is 6.61 Å². The van der Waals surface area contributed by atoms with Crippen LogP contribution in [0, 0.1) is 0 Å².